The van der Waals surface area contributed by atoms with Gasteiger partial charge in [0.1, 0.15) is 46.5 Å². The van der Waals surface area contributed by atoms with Crippen LogP contribution in [-0.4, -0.2) is 89.3 Å². The summed E-state index contributed by atoms with van der Waals surface area (Å²) in [5.41, 5.74) is -2.71. The highest BCUT2D eigenvalue weighted by molar-refractivity contribution is 7.91. The van der Waals surface area contributed by atoms with Gasteiger partial charge in [-0.15, -0.1) is 0 Å². The molecule has 2 fully saturated rings. The second-order valence-corrected chi connectivity index (χ2v) is 20.5. The summed E-state index contributed by atoms with van der Waals surface area (Å²) in [7, 11) is -2.57. The zero-order valence-electron chi connectivity index (χ0n) is 34.9. The smallest absolute Gasteiger partial charge is 0.408 e. The summed E-state index contributed by atoms with van der Waals surface area (Å²) in [6.45, 7) is 10.3. The largest absolute Gasteiger partial charge is 0.497 e. The van der Waals surface area contributed by atoms with Crippen molar-refractivity contribution in [2.75, 3.05) is 13.7 Å². The highest BCUT2D eigenvalue weighted by Gasteiger charge is 2.59. The van der Waals surface area contributed by atoms with Crippen LogP contribution in [0.3, 0.4) is 0 Å². The van der Waals surface area contributed by atoms with E-state index >= 15 is 4.39 Å². The van der Waals surface area contributed by atoms with E-state index in [9.17, 15) is 27.6 Å². The summed E-state index contributed by atoms with van der Waals surface area (Å²) in [5.74, 6) is -2.42. The van der Waals surface area contributed by atoms with Crippen LogP contribution in [-0.2, 0) is 29.1 Å². The van der Waals surface area contributed by atoms with Crippen molar-refractivity contribution in [3.63, 3.8) is 0 Å². The van der Waals surface area contributed by atoms with Crippen molar-refractivity contribution in [3.8, 4) is 11.5 Å². The molecule has 2 aromatic rings. The first-order chi connectivity index (χ1) is 27.7. The molecule has 6 atom stereocenters. The maximum Gasteiger partial charge on any atom is 0.408 e. The number of halogens is 1. The molecule has 0 radical (unpaired) electrons. The van der Waals surface area contributed by atoms with E-state index in [0.717, 1.165) is 6.42 Å². The predicted octanol–water partition coefficient (Wildman–Crippen LogP) is 5.95. The molecule has 3 aliphatic heterocycles. The van der Waals surface area contributed by atoms with Gasteiger partial charge in [-0.1, -0.05) is 51.0 Å². The average Bonchev–Trinajstić information content (AvgIpc) is 3.81. The van der Waals surface area contributed by atoms with E-state index < -0.39 is 79.5 Å². The number of fused-ring (bicyclic) bond motifs is 5. The fourth-order valence-electron chi connectivity index (χ4n) is 8.55. The number of aromatic nitrogens is 1. The minimum atomic E-state index is -4.09. The van der Waals surface area contributed by atoms with E-state index in [1.54, 1.807) is 58.0 Å². The summed E-state index contributed by atoms with van der Waals surface area (Å²) in [5, 5.41) is 6.12. The number of alkyl carbamates (subject to hydrolysis) is 1. The number of benzene rings is 1. The van der Waals surface area contributed by atoms with E-state index in [4.69, 9.17) is 19.2 Å². The first-order valence-corrected chi connectivity index (χ1v) is 22.1. The molecule has 1 saturated heterocycles. The zero-order chi connectivity index (χ0) is 42.7. The van der Waals surface area contributed by atoms with Gasteiger partial charge in [0.15, 0.2) is 0 Å². The van der Waals surface area contributed by atoms with Crippen LogP contribution >= 0.6 is 0 Å². The lowest BCUT2D eigenvalue weighted by Crippen LogP contribution is -2.67. The van der Waals surface area contributed by atoms with Gasteiger partial charge in [-0.05, 0) is 83.9 Å². The number of rotatable bonds is 6. The van der Waals surface area contributed by atoms with Crippen LogP contribution < -0.4 is 24.8 Å². The summed E-state index contributed by atoms with van der Waals surface area (Å²) < 4.78 is 62.8. The fraction of sp³-hybridized carbons (Fsp3) is 0.605. The standard InChI is InChI=1S/C43H56FN5O9S/c1-25(2)34-35-33(28-21-27(56-7)15-16-30(28)45-34)29(44)22-42(57-35)23-32-36(50)47-43(38(52)48-59(54,55)41(6)19-20-41)18-17-26(43)13-11-9-8-10-12-14-31(37(51)49(32)24-42)46-39(53)58-40(3,4)5/h11,13,15-18,21,25-26,29,31-32H,8-10,12,14,19-20,22-24H2,1-7H3,(H,46,53)(H,47,50)(H,48,52)/b13-11-/t26-,29-,31?,32+,42-,43-/m1/s1. The number of hydrogen-bond acceptors (Lipinski definition) is 10. The molecule has 16 heteroatoms. The molecule has 320 valence electrons. The maximum atomic E-state index is 17.1. The zero-order valence-corrected chi connectivity index (χ0v) is 35.7. The van der Waals surface area contributed by atoms with Gasteiger partial charge in [0, 0.05) is 29.7 Å². The van der Waals surface area contributed by atoms with Crippen LogP contribution in [0.5, 0.6) is 11.5 Å². The number of nitrogens with one attached hydrogen (secondary N) is 3. The first-order valence-electron chi connectivity index (χ1n) is 20.6. The van der Waals surface area contributed by atoms with Gasteiger partial charge in [0.25, 0.3) is 5.91 Å². The van der Waals surface area contributed by atoms with Gasteiger partial charge in [0.05, 0.1) is 29.6 Å². The van der Waals surface area contributed by atoms with E-state index in [1.807, 2.05) is 19.9 Å². The molecule has 7 rings (SSSR count). The van der Waals surface area contributed by atoms with Crippen LogP contribution in [0.2, 0.25) is 0 Å². The molecule has 4 amide bonds. The molecule has 1 aromatic carbocycles. The van der Waals surface area contributed by atoms with Gasteiger partial charge in [0.2, 0.25) is 21.8 Å². The Kier molecular flexibility index (Phi) is 11.1. The Hall–Kier alpha value is -4.73. The summed E-state index contributed by atoms with van der Waals surface area (Å²) in [4.78, 5) is 63.3. The normalized spacial score (nSPS) is 29.7. The topological polar surface area (TPSA) is 182 Å². The molecule has 1 unspecified atom stereocenters. The predicted molar refractivity (Wildman–Crippen MR) is 218 cm³/mol. The number of pyridine rings is 1. The Balaban J connectivity index is 1.30. The summed E-state index contributed by atoms with van der Waals surface area (Å²) in [6.07, 6.45) is 7.68. The van der Waals surface area contributed by atoms with Gasteiger partial charge < -0.3 is 29.7 Å². The second kappa shape index (κ2) is 15.4. The molecule has 1 spiro atoms. The van der Waals surface area contributed by atoms with Crippen molar-refractivity contribution >= 4 is 44.7 Å². The Bertz CT molecular complexity index is 2220. The number of hydrogen-bond donors (Lipinski definition) is 3. The number of amides is 4. The second-order valence-electron chi connectivity index (χ2n) is 18.3. The Morgan fingerprint density at radius 3 is 2.49 bits per heavy atom. The number of ether oxygens (including phenoxy) is 3. The van der Waals surface area contributed by atoms with E-state index in [0.29, 0.717) is 60.0 Å². The molecule has 5 aliphatic rings. The van der Waals surface area contributed by atoms with Crippen molar-refractivity contribution in [2.45, 2.75) is 145 Å². The van der Waals surface area contributed by atoms with Gasteiger partial charge in [-0.3, -0.25) is 19.1 Å². The number of methoxy groups -OCH3 is 1. The van der Waals surface area contributed by atoms with E-state index in [-0.39, 0.29) is 37.5 Å². The monoisotopic (exact) mass is 837 g/mol. The lowest BCUT2D eigenvalue weighted by Gasteiger charge is -2.42. The molecule has 0 bridgehead atoms. The SMILES string of the molecule is COc1ccc2nc(C(C)C)c3c(c2c1)[C@H](F)C[C@]1(C[C@H]2C(=O)N[C@]4(C(=O)NS(=O)(=O)C5(C)CC5)C=C[C@H]4/C=C\CCCCCC(NC(=O)OC(C)(C)C)C(=O)N2C1)O3. The number of sulfonamides is 1. The third-order valence-corrected chi connectivity index (χ3v) is 14.4. The molecule has 3 N–H and O–H groups in total. The molecule has 2 aliphatic carbocycles. The molecule has 4 heterocycles. The summed E-state index contributed by atoms with van der Waals surface area (Å²) in [6, 6.07) is 2.80. The van der Waals surface area contributed by atoms with E-state index in [1.165, 1.54) is 18.1 Å². The van der Waals surface area contributed by atoms with E-state index in [2.05, 4.69) is 15.4 Å². The highest BCUT2D eigenvalue weighted by atomic mass is 32.2. The number of nitrogens with zero attached hydrogens (tertiary/aromatic N) is 2. The maximum absolute atomic E-state index is 17.1. The molecular weight excluding hydrogens is 782 g/mol. The first kappa shape index (κ1) is 42.4. The Morgan fingerprint density at radius 2 is 1.85 bits per heavy atom. The van der Waals surface area contributed by atoms with Crippen LogP contribution in [0.25, 0.3) is 10.9 Å². The van der Waals surface area contributed by atoms with Crippen LogP contribution in [0.15, 0.2) is 42.5 Å². The molecule has 1 aromatic heterocycles. The minimum absolute atomic E-state index is 0.171. The molecule has 14 nitrogen and oxygen atoms in total. The molecule has 1 saturated carbocycles. The molecular formula is C43H56FN5O9S. The fourth-order valence-corrected chi connectivity index (χ4v) is 9.85. The molecule has 59 heavy (non-hydrogen) atoms. The van der Waals surface area contributed by atoms with Crippen LogP contribution in [0.4, 0.5) is 9.18 Å². The van der Waals surface area contributed by atoms with Crippen molar-refractivity contribution in [3.05, 3.63) is 53.8 Å². The average molecular weight is 838 g/mol. The quantitative estimate of drug-likeness (QED) is 0.294. The lowest BCUT2D eigenvalue weighted by molar-refractivity contribution is -0.142. The third-order valence-electron chi connectivity index (χ3n) is 12.3. The van der Waals surface area contributed by atoms with Gasteiger partial charge in [-0.2, -0.15) is 0 Å². The van der Waals surface area contributed by atoms with Crippen molar-refractivity contribution in [1.82, 2.24) is 25.2 Å². The van der Waals surface area contributed by atoms with Gasteiger partial charge >= 0.3 is 6.09 Å². The van der Waals surface area contributed by atoms with Crippen molar-refractivity contribution < 1.29 is 46.2 Å². The minimum Gasteiger partial charge on any atom is -0.497 e. The number of carbonyl (C=O) groups excluding carboxylic acids is 4. The number of allylic oxidation sites excluding steroid dienone is 1. The summed E-state index contributed by atoms with van der Waals surface area (Å²) >= 11 is 0. The Morgan fingerprint density at radius 1 is 1.10 bits per heavy atom. The van der Waals surface area contributed by atoms with Crippen molar-refractivity contribution in [1.29, 1.82) is 0 Å². The Labute approximate surface area is 345 Å². The third kappa shape index (κ3) is 8.13. The number of carbonyl (C=O) groups is 4. The lowest BCUT2D eigenvalue weighted by atomic mass is 9.73. The van der Waals surface area contributed by atoms with Gasteiger partial charge in [-0.25, -0.2) is 22.6 Å². The van der Waals surface area contributed by atoms with Crippen LogP contribution in [0, 0.1) is 5.92 Å². The highest BCUT2D eigenvalue weighted by Crippen LogP contribution is 2.52. The number of alkyl halides is 1. The van der Waals surface area contributed by atoms with Crippen LogP contribution in [0.1, 0.15) is 123 Å². The van der Waals surface area contributed by atoms with Crippen molar-refractivity contribution in [2.24, 2.45) is 5.92 Å².